The van der Waals surface area contributed by atoms with E-state index in [0.29, 0.717) is 4.68 Å². The first kappa shape index (κ1) is 15.1. The molecule has 0 aromatic carbocycles. The van der Waals surface area contributed by atoms with Gasteiger partial charge < -0.3 is 9.72 Å². The van der Waals surface area contributed by atoms with Gasteiger partial charge in [-0.3, -0.25) is 4.79 Å². The van der Waals surface area contributed by atoms with Crippen molar-refractivity contribution >= 4 is 17.0 Å². The van der Waals surface area contributed by atoms with Gasteiger partial charge in [0, 0.05) is 6.07 Å². The molecule has 0 spiro atoms. The number of aryl methyl sites for hydroxylation is 1. The van der Waals surface area contributed by atoms with E-state index in [9.17, 15) is 22.8 Å². The molecule has 0 radical (unpaired) electrons. The molecule has 0 atom stereocenters. The molecule has 0 bridgehead atoms. The minimum atomic E-state index is -4.50. The molecular formula is C12H12F3N3O3. The van der Waals surface area contributed by atoms with Crippen LogP contribution < -0.4 is 5.56 Å². The lowest BCUT2D eigenvalue weighted by atomic mass is 10.1. The van der Waals surface area contributed by atoms with Crippen LogP contribution in [0.15, 0.2) is 10.9 Å². The maximum atomic E-state index is 12.5. The minimum Gasteiger partial charge on any atom is -0.462 e. The second-order valence-corrected chi connectivity index (χ2v) is 4.35. The van der Waals surface area contributed by atoms with Gasteiger partial charge in [0.1, 0.15) is 12.2 Å². The number of fused-ring (bicyclic) bond motifs is 1. The molecule has 2 heterocycles. The van der Waals surface area contributed by atoms with E-state index in [2.05, 4.69) is 10.1 Å². The number of alkyl halides is 3. The number of nitrogens with zero attached hydrogens (tertiary/aromatic N) is 2. The standard InChI is InChI=1S/C12H12F3N3O3/c1-3-21-11(20)7-4-8(19)16-10-9(7)6(2)17-18(10)5-12(13,14)15/h4H,3,5H2,1-2H3,(H,16,19). The summed E-state index contributed by atoms with van der Waals surface area (Å²) in [6.07, 6.45) is -4.50. The van der Waals surface area contributed by atoms with Crippen LogP contribution in [0, 0.1) is 6.92 Å². The molecule has 2 aromatic rings. The van der Waals surface area contributed by atoms with Gasteiger partial charge in [-0.2, -0.15) is 18.3 Å². The van der Waals surface area contributed by atoms with E-state index in [-0.39, 0.29) is 28.9 Å². The number of aromatic amines is 1. The van der Waals surface area contributed by atoms with Crippen molar-refractivity contribution < 1.29 is 22.7 Å². The summed E-state index contributed by atoms with van der Waals surface area (Å²) in [6.45, 7) is 1.76. The Labute approximate surface area is 116 Å². The number of carbonyl (C=O) groups is 1. The Morgan fingerprint density at radius 1 is 1.48 bits per heavy atom. The zero-order valence-electron chi connectivity index (χ0n) is 11.2. The van der Waals surface area contributed by atoms with E-state index in [4.69, 9.17) is 4.74 Å². The third-order valence-electron chi connectivity index (χ3n) is 2.74. The fourth-order valence-corrected chi connectivity index (χ4v) is 2.04. The van der Waals surface area contributed by atoms with Gasteiger partial charge in [-0.05, 0) is 13.8 Å². The summed E-state index contributed by atoms with van der Waals surface area (Å²) in [7, 11) is 0. The Balaban J connectivity index is 2.68. The lowest BCUT2D eigenvalue weighted by molar-refractivity contribution is -0.141. The van der Waals surface area contributed by atoms with Gasteiger partial charge in [0.2, 0.25) is 5.56 Å². The Morgan fingerprint density at radius 2 is 2.14 bits per heavy atom. The monoisotopic (exact) mass is 303 g/mol. The second kappa shape index (κ2) is 5.23. The van der Waals surface area contributed by atoms with Crippen LogP contribution >= 0.6 is 0 Å². The molecule has 2 aromatic heterocycles. The van der Waals surface area contributed by atoms with Crippen molar-refractivity contribution in [2.45, 2.75) is 26.6 Å². The van der Waals surface area contributed by atoms with Gasteiger partial charge in [0.05, 0.1) is 23.3 Å². The van der Waals surface area contributed by atoms with Gasteiger partial charge in [-0.1, -0.05) is 0 Å². The molecule has 0 aliphatic rings. The lowest BCUT2D eigenvalue weighted by Gasteiger charge is -2.07. The highest BCUT2D eigenvalue weighted by Crippen LogP contribution is 2.24. The first-order valence-electron chi connectivity index (χ1n) is 6.07. The van der Waals surface area contributed by atoms with Crippen LogP contribution in [0.1, 0.15) is 23.0 Å². The number of hydrogen-bond acceptors (Lipinski definition) is 4. The van der Waals surface area contributed by atoms with Crippen molar-refractivity contribution in [3.05, 3.63) is 27.7 Å². The number of esters is 1. The maximum absolute atomic E-state index is 12.5. The molecule has 0 saturated carbocycles. The van der Waals surface area contributed by atoms with Gasteiger partial charge in [-0.25, -0.2) is 9.48 Å². The van der Waals surface area contributed by atoms with Crippen LogP contribution in [0.2, 0.25) is 0 Å². The fraction of sp³-hybridized carbons (Fsp3) is 0.417. The second-order valence-electron chi connectivity index (χ2n) is 4.35. The average molecular weight is 303 g/mol. The molecule has 6 nitrogen and oxygen atoms in total. The number of nitrogens with one attached hydrogen (secondary N) is 1. The Morgan fingerprint density at radius 3 is 2.71 bits per heavy atom. The van der Waals surface area contributed by atoms with Crippen molar-refractivity contribution in [2.24, 2.45) is 0 Å². The first-order valence-corrected chi connectivity index (χ1v) is 6.07. The van der Waals surface area contributed by atoms with Crippen LogP contribution in [-0.2, 0) is 11.3 Å². The number of halogens is 3. The van der Waals surface area contributed by atoms with Gasteiger partial charge in [0.15, 0.2) is 0 Å². The van der Waals surface area contributed by atoms with E-state index in [0.717, 1.165) is 6.07 Å². The van der Waals surface area contributed by atoms with Crippen LogP contribution in [0.25, 0.3) is 11.0 Å². The van der Waals surface area contributed by atoms with E-state index >= 15 is 0 Å². The predicted octanol–water partition coefficient (Wildman–Crippen LogP) is 1.77. The minimum absolute atomic E-state index is 0.0862. The third kappa shape index (κ3) is 3.06. The number of carbonyl (C=O) groups excluding carboxylic acids is 1. The Hall–Kier alpha value is -2.32. The molecule has 114 valence electrons. The van der Waals surface area contributed by atoms with Crippen LogP contribution in [0.4, 0.5) is 13.2 Å². The number of pyridine rings is 1. The Bertz CT molecular complexity index is 746. The molecule has 0 aliphatic heterocycles. The summed E-state index contributed by atoms with van der Waals surface area (Å²) in [5, 5.41) is 3.89. The summed E-state index contributed by atoms with van der Waals surface area (Å²) in [5.41, 5.74) is -0.746. The molecule has 0 saturated heterocycles. The smallest absolute Gasteiger partial charge is 0.408 e. The molecule has 9 heteroatoms. The first-order chi connectivity index (χ1) is 9.73. The van der Waals surface area contributed by atoms with E-state index in [1.807, 2.05) is 0 Å². The molecular weight excluding hydrogens is 291 g/mol. The highest BCUT2D eigenvalue weighted by Gasteiger charge is 2.30. The number of hydrogen-bond donors (Lipinski definition) is 1. The molecule has 0 fully saturated rings. The number of ether oxygens (including phenoxy) is 1. The van der Waals surface area contributed by atoms with E-state index in [1.54, 1.807) is 6.92 Å². The number of H-pyrrole nitrogens is 1. The summed E-state index contributed by atoms with van der Waals surface area (Å²) in [4.78, 5) is 25.7. The molecule has 21 heavy (non-hydrogen) atoms. The van der Waals surface area contributed by atoms with Crippen molar-refractivity contribution in [1.82, 2.24) is 14.8 Å². The highest BCUT2D eigenvalue weighted by molar-refractivity contribution is 6.03. The number of aromatic nitrogens is 3. The van der Waals surface area contributed by atoms with Gasteiger partial charge in [0.25, 0.3) is 0 Å². The summed E-state index contributed by atoms with van der Waals surface area (Å²) >= 11 is 0. The lowest BCUT2D eigenvalue weighted by Crippen LogP contribution is -2.20. The summed E-state index contributed by atoms with van der Waals surface area (Å²) in [6, 6.07) is 0.993. The zero-order chi connectivity index (χ0) is 15.8. The molecule has 0 aliphatic carbocycles. The zero-order valence-corrected chi connectivity index (χ0v) is 11.2. The number of rotatable bonds is 3. The quantitative estimate of drug-likeness (QED) is 0.877. The molecule has 0 amide bonds. The van der Waals surface area contributed by atoms with Gasteiger partial charge >= 0.3 is 12.1 Å². The van der Waals surface area contributed by atoms with Crippen molar-refractivity contribution in [2.75, 3.05) is 6.61 Å². The molecule has 2 rings (SSSR count). The van der Waals surface area contributed by atoms with Crippen molar-refractivity contribution in [3.63, 3.8) is 0 Å². The van der Waals surface area contributed by atoms with Crippen LogP contribution in [0.3, 0.4) is 0 Å². The normalized spacial score (nSPS) is 11.9. The highest BCUT2D eigenvalue weighted by atomic mass is 19.4. The van der Waals surface area contributed by atoms with Crippen LogP contribution in [0.5, 0.6) is 0 Å². The topological polar surface area (TPSA) is 77.0 Å². The third-order valence-corrected chi connectivity index (χ3v) is 2.74. The predicted molar refractivity (Wildman–Crippen MR) is 67.1 cm³/mol. The van der Waals surface area contributed by atoms with Crippen molar-refractivity contribution in [3.8, 4) is 0 Å². The van der Waals surface area contributed by atoms with E-state index in [1.165, 1.54) is 6.92 Å². The summed E-state index contributed by atoms with van der Waals surface area (Å²) < 4.78 is 43.0. The Kier molecular flexibility index (Phi) is 3.75. The molecule has 1 N–H and O–H groups in total. The largest absolute Gasteiger partial charge is 0.462 e. The van der Waals surface area contributed by atoms with Gasteiger partial charge in [-0.15, -0.1) is 0 Å². The SMILES string of the molecule is CCOC(=O)c1cc(=O)[nH]c2c1c(C)nn2CC(F)(F)F. The maximum Gasteiger partial charge on any atom is 0.408 e. The fourth-order valence-electron chi connectivity index (χ4n) is 2.04. The summed E-state index contributed by atoms with van der Waals surface area (Å²) in [5.74, 6) is -0.775. The van der Waals surface area contributed by atoms with Crippen LogP contribution in [-0.4, -0.2) is 33.5 Å². The van der Waals surface area contributed by atoms with E-state index < -0.39 is 24.2 Å². The average Bonchev–Trinajstić information content (AvgIpc) is 2.63. The molecule has 0 unspecified atom stereocenters. The van der Waals surface area contributed by atoms with Crippen molar-refractivity contribution in [1.29, 1.82) is 0 Å².